The Balaban J connectivity index is 1.95. The number of benzene rings is 1. The van der Waals surface area contributed by atoms with E-state index in [4.69, 9.17) is 23.2 Å². The molecule has 16 heteroatoms. The lowest BCUT2D eigenvalue weighted by molar-refractivity contribution is -0.174. The lowest BCUT2D eigenvalue weighted by atomic mass is 9.95. The molecule has 0 aliphatic heterocycles. The monoisotopic (exact) mass is 619 g/mol. The number of aromatic nitrogens is 3. The van der Waals surface area contributed by atoms with Gasteiger partial charge in [0.15, 0.2) is 5.82 Å². The van der Waals surface area contributed by atoms with Crippen LogP contribution < -0.4 is 10.0 Å². The van der Waals surface area contributed by atoms with Crippen LogP contribution in [0.25, 0.3) is 22.0 Å². The minimum Gasteiger partial charge on any atom is -0.340 e. The summed E-state index contributed by atoms with van der Waals surface area (Å²) in [5.41, 5.74) is 0.0434. The Bertz CT molecular complexity index is 1720. The Labute approximate surface area is 234 Å². The molecule has 2 aromatic heterocycles. The topological polar surface area (TPSA) is 106 Å². The first-order valence-corrected chi connectivity index (χ1v) is 13.6. The Hall–Kier alpha value is -3.67. The molecule has 40 heavy (non-hydrogen) atoms. The lowest BCUT2D eigenvalue weighted by Gasteiger charge is -2.22. The van der Waals surface area contributed by atoms with Gasteiger partial charge in [0.05, 0.1) is 34.5 Å². The van der Waals surface area contributed by atoms with E-state index in [-0.39, 0.29) is 49.3 Å². The summed E-state index contributed by atoms with van der Waals surface area (Å²) in [5, 5.41) is 5.80. The number of hydrogen-bond donors (Lipinski definition) is 2. The molecular formula is C24H16Cl2F5N5O3S. The molecule has 210 valence electrons. The molecule has 1 amide bonds. The van der Waals surface area contributed by atoms with E-state index in [9.17, 15) is 35.2 Å². The van der Waals surface area contributed by atoms with E-state index in [1.54, 1.807) is 0 Å². The number of hydrogen-bond acceptors (Lipinski definition) is 5. The number of alkyl halides is 3. The predicted molar refractivity (Wildman–Crippen MR) is 137 cm³/mol. The summed E-state index contributed by atoms with van der Waals surface area (Å²) in [6.07, 6.45) is -4.93. The van der Waals surface area contributed by atoms with E-state index >= 15 is 0 Å². The van der Waals surface area contributed by atoms with Crippen molar-refractivity contribution in [2.75, 3.05) is 11.0 Å². The second-order valence-corrected chi connectivity index (χ2v) is 11.1. The molecule has 0 aliphatic carbocycles. The number of pyridine rings is 1. The molecule has 2 heterocycles. The lowest BCUT2D eigenvalue weighted by Crippen LogP contribution is -2.40. The molecule has 0 bridgehead atoms. The summed E-state index contributed by atoms with van der Waals surface area (Å²) in [7, 11) is -2.35. The van der Waals surface area contributed by atoms with Crippen LogP contribution in [0.15, 0.2) is 30.3 Å². The molecule has 0 radical (unpaired) electrons. The van der Waals surface area contributed by atoms with Crippen molar-refractivity contribution in [1.29, 1.82) is 0 Å². The highest BCUT2D eigenvalue weighted by Gasteiger charge is 2.40. The van der Waals surface area contributed by atoms with Crippen LogP contribution in [0.5, 0.6) is 0 Å². The van der Waals surface area contributed by atoms with Gasteiger partial charge < -0.3 is 5.32 Å². The molecule has 0 saturated carbocycles. The van der Waals surface area contributed by atoms with Gasteiger partial charge in [-0.05, 0) is 42.3 Å². The number of rotatable bonds is 7. The molecule has 8 nitrogen and oxygen atoms in total. The maximum absolute atomic E-state index is 13.9. The van der Waals surface area contributed by atoms with Crippen LogP contribution in [0.1, 0.15) is 17.3 Å². The molecule has 4 aromatic rings. The van der Waals surface area contributed by atoms with Crippen LogP contribution in [-0.4, -0.2) is 41.5 Å². The maximum atomic E-state index is 13.9. The van der Waals surface area contributed by atoms with Crippen LogP contribution in [0.2, 0.25) is 10.2 Å². The number of aryl methyl sites for hydroxylation is 1. The van der Waals surface area contributed by atoms with Gasteiger partial charge in [-0.25, -0.2) is 22.2 Å². The van der Waals surface area contributed by atoms with E-state index in [2.05, 4.69) is 26.9 Å². The summed E-state index contributed by atoms with van der Waals surface area (Å²) in [5.74, 6) is -4.46. The Morgan fingerprint density at radius 1 is 1.12 bits per heavy atom. The summed E-state index contributed by atoms with van der Waals surface area (Å²) in [6.45, 7) is 0. The number of anilines is 1. The van der Waals surface area contributed by atoms with E-state index in [0.717, 1.165) is 18.4 Å². The molecule has 0 unspecified atom stereocenters. The number of carbonyl (C=O) groups excluding carboxylic acids is 1. The Kier molecular flexibility index (Phi) is 7.85. The van der Waals surface area contributed by atoms with Gasteiger partial charge in [-0.15, -0.1) is 0 Å². The average molecular weight is 620 g/mol. The minimum atomic E-state index is -5.30. The van der Waals surface area contributed by atoms with Gasteiger partial charge in [-0.1, -0.05) is 29.3 Å². The first-order valence-electron chi connectivity index (χ1n) is 11.0. The van der Waals surface area contributed by atoms with Crippen molar-refractivity contribution in [3.8, 4) is 11.1 Å². The van der Waals surface area contributed by atoms with Crippen molar-refractivity contribution in [3.63, 3.8) is 0 Å². The van der Waals surface area contributed by atoms with Gasteiger partial charge >= 0.3 is 12.1 Å². The van der Waals surface area contributed by atoms with Crippen LogP contribution in [0.4, 0.5) is 27.8 Å². The minimum absolute atomic E-state index is 0.0700. The molecular weight excluding hydrogens is 604 g/mol. The van der Waals surface area contributed by atoms with Gasteiger partial charge in [-0.3, -0.25) is 14.2 Å². The van der Waals surface area contributed by atoms with Crippen molar-refractivity contribution < 1.29 is 35.2 Å². The molecule has 0 spiro atoms. The SMILES string of the molecule is Cn1nc(NS(C)(=O)=O)c2c(Cl)c#cc(-c3ccc(Cl)nc3[C@H](Cc3cc(F)cc(F)c3)NC(=O)C(F)(F)F)c21. The van der Waals surface area contributed by atoms with Gasteiger partial charge in [0.1, 0.15) is 21.8 Å². The summed E-state index contributed by atoms with van der Waals surface area (Å²) in [6, 6.07) is 8.82. The largest absolute Gasteiger partial charge is 0.471 e. The second kappa shape index (κ2) is 10.7. The maximum Gasteiger partial charge on any atom is 0.471 e. The molecule has 4 rings (SSSR count). The molecule has 0 fully saturated rings. The number of fused-ring (bicyclic) bond motifs is 1. The van der Waals surface area contributed by atoms with Gasteiger partial charge in [0, 0.05) is 18.7 Å². The van der Waals surface area contributed by atoms with Crippen molar-refractivity contribution in [3.05, 3.63) is 75.5 Å². The van der Waals surface area contributed by atoms with Crippen molar-refractivity contribution >= 4 is 55.9 Å². The first kappa shape index (κ1) is 29.3. The predicted octanol–water partition coefficient (Wildman–Crippen LogP) is 5.15. The number of halogens is 7. The molecule has 0 saturated heterocycles. The third-order valence-electron chi connectivity index (χ3n) is 5.50. The van der Waals surface area contributed by atoms with Crippen molar-refractivity contribution in [2.24, 2.45) is 7.05 Å². The fourth-order valence-corrected chi connectivity index (χ4v) is 4.92. The third kappa shape index (κ3) is 6.38. The molecule has 0 aliphatic rings. The van der Waals surface area contributed by atoms with Gasteiger partial charge in [-0.2, -0.15) is 18.3 Å². The fourth-order valence-electron chi connectivity index (χ4n) is 4.05. The van der Waals surface area contributed by atoms with Crippen molar-refractivity contribution in [1.82, 2.24) is 20.1 Å². The first-order chi connectivity index (χ1) is 18.5. The van der Waals surface area contributed by atoms with E-state index in [1.165, 1.54) is 23.9 Å². The van der Waals surface area contributed by atoms with Gasteiger partial charge in [0.25, 0.3) is 0 Å². The second-order valence-electron chi connectivity index (χ2n) is 8.58. The standard InChI is InChI=1S/C24H16Cl2F5N5O3S/c1-36-21-15(3-5-16(25)19(21)22(34-36)35-40(2,38)39)14-4-6-18(26)33-20(14)17(32-23(37)24(29,30)31)9-11-7-12(27)10-13(28)8-11/h4,6-8,10,17H,9H2,1-2H3,(H,32,37)(H,34,35)/t17-/m0/s1. The molecule has 2 N–H and O–H groups in total. The Morgan fingerprint density at radius 3 is 2.38 bits per heavy atom. The zero-order chi connectivity index (χ0) is 29.6. The number of amides is 1. The highest BCUT2D eigenvalue weighted by Crippen LogP contribution is 2.38. The summed E-state index contributed by atoms with van der Waals surface area (Å²) < 4.78 is 94.8. The van der Waals surface area contributed by atoms with Crippen LogP contribution in [-0.2, 0) is 28.3 Å². The third-order valence-corrected chi connectivity index (χ3v) is 6.56. The average Bonchev–Trinajstić information content (AvgIpc) is 3.13. The number of carbonyl (C=O) groups is 1. The Morgan fingerprint density at radius 2 is 1.77 bits per heavy atom. The number of nitrogens with one attached hydrogen (secondary N) is 2. The highest BCUT2D eigenvalue weighted by molar-refractivity contribution is 7.92. The molecule has 2 aromatic carbocycles. The smallest absolute Gasteiger partial charge is 0.340 e. The summed E-state index contributed by atoms with van der Waals surface area (Å²) in [4.78, 5) is 16.1. The normalized spacial score (nSPS) is 12.7. The van der Waals surface area contributed by atoms with Gasteiger partial charge in [0.2, 0.25) is 10.0 Å². The van der Waals surface area contributed by atoms with Crippen molar-refractivity contribution in [2.45, 2.75) is 18.6 Å². The fraction of sp³-hybridized carbons (Fsp3) is 0.208. The van der Waals surface area contributed by atoms with E-state index < -0.39 is 46.2 Å². The zero-order valence-electron chi connectivity index (χ0n) is 20.3. The number of nitrogens with zero attached hydrogens (tertiary/aromatic N) is 3. The van der Waals surface area contributed by atoms with Crippen LogP contribution in [0, 0.1) is 23.8 Å². The number of sulfonamides is 1. The highest BCUT2D eigenvalue weighted by atomic mass is 35.5. The zero-order valence-corrected chi connectivity index (χ0v) is 22.6. The van der Waals surface area contributed by atoms with E-state index in [1.807, 2.05) is 5.32 Å². The molecule has 1 atom stereocenters. The van der Waals surface area contributed by atoms with Crippen LogP contribution >= 0.6 is 23.2 Å². The van der Waals surface area contributed by atoms with E-state index in [0.29, 0.717) is 6.07 Å². The van der Waals surface area contributed by atoms with Crippen LogP contribution in [0.3, 0.4) is 0 Å². The summed E-state index contributed by atoms with van der Waals surface area (Å²) >= 11 is 12.4. The quantitative estimate of drug-likeness (QED) is 0.220.